The lowest BCUT2D eigenvalue weighted by Crippen LogP contribution is -2.45. The maximum absolute atomic E-state index is 9.87. The quantitative estimate of drug-likeness (QED) is 0.758. The number of nitrogens with one attached hydrogen (secondary N) is 1. The standard InChI is InChI=1S/C17H26N2O2/c1-3-5-6-15(19-11-9-18-10-12-19)14-7-8-16(20)17(13-14)21-4-2/h3,7-8,13,15,18,20H,1,4-6,9-12H2,2H3/t15-/m0/s1. The van der Waals surface area contributed by atoms with Gasteiger partial charge in [0.1, 0.15) is 0 Å². The molecule has 0 amide bonds. The Morgan fingerprint density at radius 1 is 1.43 bits per heavy atom. The van der Waals surface area contributed by atoms with E-state index in [1.54, 1.807) is 6.07 Å². The molecule has 0 aromatic heterocycles. The van der Waals surface area contributed by atoms with E-state index in [0.717, 1.165) is 39.0 Å². The Balaban J connectivity index is 2.21. The summed E-state index contributed by atoms with van der Waals surface area (Å²) in [5.74, 6) is 0.789. The van der Waals surface area contributed by atoms with Crippen molar-refractivity contribution in [1.82, 2.24) is 10.2 Å². The third-order valence-corrected chi connectivity index (χ3v) is 3.91. The first-order valence-electron chi connectivity index (χ1n) is 7.77. The summed E-state index contributed by atoms with van der Waals surface area (Å²) >= 11 is 0. The molecule has 0 aliphatic carbocycles. The van der Waals surface area contributed by atoms with Gasteiger partial charge in [0.05, 0.1) is 6.61 Å². The zero-order valence-corrected chi connectivity index (χ0v) is 12.8. The highest BCUT2D eigenvalue weighted by Crippen LogP contribution is 2.33. The van der Waals surface area contributed by atoms with Gasteiger partial charge in [0, 0.05) is 32.2 Å². The fourth-order valence-corrected chi connectivity index (χ4v) is 2.84. The van der Waals surface area contributed by atoms with E-state index in [1.165, 1.54) is 5.56 Å². The second-order valence-electron chi connectivity index (χ2n) is 5.33. The van der Waals surface area contributed by atoms with Gasteiger partial charge >= 0.3 is 0 Å². The van der Waals surface area contributed by atoms with Crippen LogP contribution in [0, 0.1) is 0 Å². The summed E-state index contributed by atoms with van der Waals surface area (Å²) in [6.07, 6.45) is 4.00. The van der Waals surface area contributed by atoms with Crippen LogP contribution >= 0.6 is 0 Å². The molecule has 1 saturated heterocycles. The first kappa shape index (κ1) is 15.9. The monoisotopic (exact) mass is 290 g/mol. The molecular weight excluding hydrogens is 264 g/mol. The lowest BCUT2D eigenvalue weighted by molar-refractivity contribution is 0.165. The van der Waals surface area contributed by atoms with Crippen molar-refractivity contribution in [3.05, 3.63) is 36.4 Å². The molecule has 0 bridgehead atoms. The van der Waals surface area contributed by atoms with Gasteiger partial charge in [-0.05, 0) is 37.5 Å². The maximum Gasteiger partial charge on any atom is 0.161 e. The molecule has 1 heterocycles. The minimum Gasteiger partial charge on any atom is -0.504 e. The van der Waals surface area contributed by atoms with E-state index in [2.05, 4.69) is 16.8 Å². The molecule has 2 N–H and O–H groups in total. The molecule has 2 rings (SSSR count). The molecule has 0 spiro atoms. The molecule has 1 aliphatic rings. The molecule has 4 heteroatoms. The molecule has 1 aliphatic heterocycles. The van der Waals surface area contributed by atoms with E-state index >= 15 is 0 Å². The first-order chi connectivity index (χ1) is 10.3. The minimum absolute atomic E-state index is 0.211. The third-order valence-electron chi connectivity index (χ3n) is 3.91. The summed E-state index contributed by atoms with van der Waals surface area (Å²) in [4.78, 5) is 2.50. The average molecular weight is 290 g/mol. The van der Waals surface area contributed by atoms with Gasteiger partial charge in [0.15, 0.2) is 11.5 Å². The Morgan fingerprint density at radius 3 is 2.86 bits per heavy atom. The highest BCUT2D eigenvalue weighted by atomic mass is 16.5. The molecule has 0 radical (unpaired) electrons. The molecule has 116 valence electrons. The number of aromatic hydroxyl groups is 1. The average Bonchev–Trinajstić information content (AvgIpc) is 2.52. The van der Waals surface area contributed by atoms with Gasteiger partial charge in [0.2, 0.25) is 0 Å². The fourth-order valence-electron chi connectivity index (χ4n) is 2.84. The van der Waals surface area contributed by atoms with E-state index < -0.39 is 0 Å². The number of phenols is 1. The zero-order chi connectivity index (χ0) is 15.1. The third kappa shape index (κ3) is 4.22. The predicted molar refractivity (Wildman–Crippen MR) is 85.9 cm³/mol. The predicted octanol–water partition coefficient (Wildman–Crippen LogP) is 2.70. The van der Waals surface area contributed by atoms with Crippen LogP contribution in [0.25, 0.3) is 0 Å². The van der Waals surface area contributed by atoms with Crippen LogP contribution in [0.5, 0.6) is 11.5 Å². The number of benzene rings is 1. The van der Waals surface area contributed by atoms with Crippen molar-refractivity contribution in [2.45, 2.75) is 25.8 Å². The van der Waals surface area contributed by atoms with Crippen molar-refractivity contribution in [3.8, 4) is 11.5 Å². The van der Waals surface area contributed by atoms with Gasteiger partial charge in [-0.25, -0.2) is 0 Å². The van der Waals surface area contributed by atoms with E-state index in [0.29, 0.717) is 18.4 Å². The number of rotatable bonds is 7. The van der Waals surface area contributed by atoms with Gasteiger partial charge < -0.3 is 15.2 Å². The number of hydrogen-bond acceptors (Lipinski definition) is 4. The van der Waals surface area contributed by atoms with Crippen LogP contribution in [0.4, 0.5) is 0 Å². The lowest BCUT2D eigenvalue weighted by atomic mass is 9.99. The summed E-state index contributed by atoms with van der Waals surface area (Å²) in [6.45, 7) is 10.5. The van der Waals surface area contributed by atoms with Crippen molar-refractivity contribution in [1.29, 1.82) is 0 Å². The summed E-state index contributed by atoms with van der Waals surface area (Å²) in [5.41, 5.74) is 1.21. The summed E-state index contributed by atoms with van der Waals surface area (Å²) in [5, 5.41) is 13.3. The van der Waals surface area contributed by atoms with Gasteiger partial charge in [-0.2, -0.15) is 0 Å². The van der Waals surface area contributed by atoms with Crippen molar-refractivity contribution in [3.63, 3.8) is 0 Å². The second-order valence-corrected chi connectivity index (χ2v) is 5.33. The molecule has 4 nitrogen and oxygen atoms in total. The number of hydrogen-bond donors (Lipinski definition) is 2. The van der Waals surface area contributed by atoms with E-state index in [9.17, 15) is 5.11 Å². The highest BCUT2D eigenvalue weighted by molar-refractivity contribution is 5.42. The molecule has 1 aromatic rings. The van der Waals surface area contributed by atoms with Crippen LogP contribution in [0.1, 0.15) is 31.4 Å². The molecule has 0 saturated carbocycles. The lowest BCUT2D eigenvalue weighted by Gasteiger charge is -2.35. The zero-order valence-electron chi connectivity index (χ0n) is 12.8. The molecule has 1 fully saturated rings. The van der Waals surface area contributed by atoms with Crippen LogP contribution in [0.15, 0.2) is 30.9 Å². The van der Waals surface area contributed by atoms with Crippen LogP contribution < -0.4 is 10.1 Å². The molecule has 21 heavy (non-hydrogen) atoms. The normalized spacial score (nSPS) is 17.4. The fraction of sp³-hybridized carbons (Fsp3) is 0.529. The number of allylic oxidation sites excluding steroid dienone is 1. The molecular formula is C17H26N2O2. The maximum atomic E-state index is 9.87. The first-order valence-corrected chi connectivity index (χ1v) is 7.77. The van der Waals surface area contributed by atoms with Crippen molar-refractivity contribution >= 4 is 0 Å². The van der Waals surface area contributed by atoms with E-state index in [4.69, 9.17) is 4.74 Å². The SMILES string of the molecule is C=CCC[C@@H](c1ccc(O)c(OCC)c1)N1CCNCC1. The topological polar surface area (TPSA) is 44.7 Å². The Hall–Kier alpha value is -1.52. The smallest absolute Gasteiger partial charge is 0.161 e. The summed E-state index contributed by atoms with van der Waals surface area (Å²) in [6, 6.07) is 6.08. The van der Waals surface area contributed by atoms with E-state index in [-0.39, 0.29) is 5.75 Å². The molecule has 1 aromatic carbocycles. The number of phenolic OH excluding ortho intramolecular Hbond substituents is 1. The Bertz CT molecular complexity index is 456. The number of nitrogens with zero attached hydrogens (tertiary/aromatic N) is 1. The summed E-state index contributed by atoms with van der Waals surface area (Å²) < 4.78 is 5.52. The Kier molecular flexibility index (Phi) is 6.08. The van der Waals surface area contributed by atoms with Crippen molar-refractivity contribution < 1.29 is 9.84 Å². The van der Waals surface area contributed by atoms with Gasteiger partial charge in [0.25, 0.3) is 0 Å². The second kappa shape index (κ2) is 8.05. The summed E-state index contributed by atoms with van der Waals surface area (Å²) in [7, 11) is 0. The van der Waals surface area contributed by atoms with Crippen molar-refractivity contribution in [2.24, 2.45) is 0 Å². The minimum atomic E-state index is 0.211. The van der Waals surface area contributed by atoms with Gasteiger partial charge in [-0.15, -0.1) is 6.58 Å². The van der Waals surface area contributed by atoms with Gasteiger partial charge in [-0.1, -0.05) is 12.1 Å². The Morgan fingerprint density at radius 2 is 2.19 bits per heavy atom. The number of ether oxygens (including phenoxy) is 1. The van der Waals surface area contributed by atoms with Crippen LogP contribution in [-0.4, -0.2) is 42.8 Å². The molecule has 1 atom stereocenters. The van der Waals surface area contributed by atoms with Crippen LogP contribution in [0.3, 0.4) is 0 Å². The largest absolute Gasteiger partial charge is 0.504 e. The van der Waals surface area contributed by atoms with Crippen molar-refractivity contribution in [2.75, 3.05) is 32.8 Å². The number of piperazine rings is 1. The van der Waals surface area contributed by atoms with Crippen LogP contribution in [0.2, 0.25) is 0 Å². The van der Waals surface area contributed by atoms with E-state index in [1.807, 2.05) is 25.1 Å². The van der Waals surface area contributed by atoms with Crippen LogP contribution in [-0.2, 0) is 0 Å². The Labute approximate surface area is 127 Å². The van der Waals surface area contributed by atoms with Gasteiger partial charge in [-0.3, -0.25) is 4.90 Å². The highest BCUT2D eigenvalue weighted by Gasteiger charge is 2.22. The molecule has 0 unspecified atom stereocenters.